The van der Waals surface area contributed by atoms with Gasteiger partial charge in [0.25, 0.3) is 5.91 Å². The second-order valence-electron chi connectivity index (χ2n) is 4.36. The minimum atomic E-state index is -1.28. The number of hydrogen-bond donors (Lipinski definition) is 3. The SMILES string of the molecule is COC(C(=O)N[C@@H](CCC(=O)O)C(=O)O)c1ccccc1. The molecule has 1 amide bonds. The van der Waals surface area contributed by atoms with E-state index in [1.165, 1.54) is 7.11 Å². The number of aliphatic carboxylic acids is 2. The van der Waals surface area contributed by atoms with Crippen molar-refractivity contribution in [1.29, 1.82) is 0 Å². The Bertz CT molecular complexity index is 501. The fourth-order valence-electron chi connectivity index (χ4n) is 1.79. The molecule has 7 nitrogen and oxygen atoms in total. The lowest BCUT2D eigenvalue weighted by molar-refractivity contribution is -0.145. The van der Waals surface area contributed by atoms with Crippen molar-refractivity contribution in [3.8, 4) is 0 Å². The third-order valence-electron chi connectivity index (χ3n) is 2.84. The van der Waals surface area contributed by atoms with Gasteiger partial charge in [0.1, 0.15) is 6.04 Å². The summed E-state index contributed by atoms with van der Waals surface area (Å²) >= 11 is 0. The number of amides is 1. The maximum atomic E-state index is 12.1. The summed E-state index contributed by atoms with van der Waals surface area (Å²) < 4.78 is 5.08. The van der Waals surface area contributed by atoms with Crippen molar-refractivity contribution in [3.63, 3.8) is 0 Å². The van der Waals surface area contributed by atoms with E-state index >= 15 is 0 Å². The van der Waals surface area contributed by atoms with Gasteiger partial charge in [0.05, 0.1) is 0 Å². The molecule has 0 aliphatic rings. The highest BCUT2D eigenvalue weighted by atomic mass is 16.5. The number of carbonyl (C=O) groups is 3. The van der Waals surface area contributed by atoms with Crippen LogP contribution in [0.4, 0.5) is 0 Å². The number of methoxy groups -OCH3 is 1. The molecule has 0 bridgehead atoms. The van der Waals surface area contributed by atoms with Crippen molar-refractivity contribution in [3.05, 3.63) is 35.9 Å². The maximum Gasteiger partial charge on any atom is 0.326 e. The summed E-state index contributed by atoms with van der Waals surface area (Å²) in [7, 11) is 1.34. The molecule has 1 aromatic carbocycles. The Labute approximate surface area is 121 Å². The Balaban J connectivity index is 2.75. The van der Waals surface area contributed by atoms with E-state index in [0.717, 1.165) is 0 Å². The van der Waals surface area contributed by atoms with E-state index in [4.69, 9.17) is 14.9 Å². The average Bonchev–Trinajstić information content (AvgIpc) is 2.44. The fourth-order valence-corrected chi connectivity index (χ4v) is 1.79. The molecule has 3 N–H and O–H groups in total. The van der Waals surface area contributed by atoms with Gasteiger partial charge in [-0.15, -0.1) is 0 Å². The normalized spacial score (nSPS) is 13.2. The van der Waals surface area contributed by atoms with Crippen LogP contribution in [0.1, 0.15) is 24.5 Å². The number of ether oxygens (including phenoxy) is 1. The first kappa shape index (κ1) is 16.6. The van der Waals surface area contributed by atoms with Crippen molar-refractivity contribution in [2.75, 3.05) is 7.11 Å². The van der Waals surface area contributed by atoms with Crippen LogP contribution < -0.4 is 5.32 Å². The second-order valence-corrected chi connectivity index (χ2v) is 4.36. The van der Waals surface area contributed by atoms with Gasteiger partial charge in [-0.1, -0.05) is 30.3 Å². The maximum absolute atomic E-state index is 12.1. The molecule has 2 atom stereocenters. The fraction of sp³-hybridized carbons (Fsp3) is 0.357. The predicted octanol–water partition coefficient (Wildman–Crippen LogP) is 0.808. The van der Waals surface area contributed by atoms with E-state index in [-0.39, 0.29) is 12.8 Å². The molecule has 0 spiro atoms. The number of carboxylic acid groups (broad SMARTS) is 2. The molecule has 0 saturated carbocycles. The van der Waals surface area contributed by atoms with Crippen LogP contribution in [0.3, 0.4) is 0 Å². The third-order valence-corrected chi connectivity index (χ3v) is 2.84. The predicted molar refractivity (Wildman–Crippen MR) is 72.6 cm³/mol. The topological polar surface area (TPSA) is 113 Å². The Morgan fingerprint density at radius 3 is 2.29 bits per heavy atom. The quantitative estimate of drug-likeness (QED) is 0.654. The highest BCUT2D eigenvalue weighted by molar-refractivity contribution is 5.87. The Hall–Kier alpha value is -2.41. The summed E-state index contributed by atoms with van der Waals surface area (Å²) in [4.78, 5) is 33.6. The van der Waals surface area contributed by atoms with Crippen molar-refractivity contribution in [2.24, 2.45) is 0 Å². The summed E-state index contributed by atoms with van der Waals surface area (Å²) in [5, 5.41) is 19.9. The van der Waals surface area contributed by atoms with Crippen LogP contribution in [-0.4, -0.2) is 41.2 Å². The van der Waals surface area contributed by atoms with Gasteiger partial charge in [-0.25, -0.2) is 4.79 Å². The van der Waals surface area contributed by atoms with Gasteiger partial charge in [0.15, 0.2) is 6.10 Å². The van der Waals surface area contributed by atoms with Gasteiger partial charge in [-0.05, 0) is 12.0 Å². The van der Waals surface area contributed by atoms with Gasteiger partial charge < -0.3 is 20.3 Å². The summed E-state index contributed by atoms with van der Waals surface area (Å²) in [5.74, 6) is -3.03. The molecule has 1 aromatic rings. The Kier molecular flexibility index (Phi) is 6.35. The highest BCUT2D eigenvalue weighted by Gasteiger charge is 2.26. The monoisotopic (exact) mass is 295 g/mol. The zero-order chi connectivity index (χ0) is 15.8. The van der Waals surface area contributed by atoms with Gasteiger partial charge in [0.2, 0.25) is 0 Å². The number of benzene rings is 1. The molecular formula is C14H17NO6. The first-order chi connectivity index (χ1) is 9.95. The van der Waals surface area contributed by atoms with E-state index in [1.807, 2.05) is 0 Å². The minimum absolute atomic E-state index is 0.193. The van der Waals surface area contributed by atoms with Crippen LogP contribution in [-0.2, 0) is 19.1 Å². The van der Waals surface area contributed by atoms with Gasteiger partial charge in [0, 0.05) is 13.5 Å². The van der Waals surface area contributed by atoms with E-state index < -0.39 is 30.0 Å². The minimum Gasteiger partial charge on any atom is -0.481 e. The second kappa shape index (κ2) is 8.01. The number of carboxylic acids is 2. The molecule has 0 heterocycles. The molecule has 7 heteroatoms. The molecule has 0 saturated heterocycles. The van der Waals surface area contributed by atoms with Crippen molar-refractivity contribution < 1.29 is 29.3 Å². The summed E-state index contributed by atoms with van der Waals surface area (Å²) in [6.45, 7) is 0. The molecule has 0 radical (unpaired) electrons. The number of rotatable bonds is 8. The molecule has 1 unspecified atom stereocenters. The van der Waals surface area contributed by atoms with Crippen LogP contribution in [0, 0.1) is 0 Å². The lowest BCUT2D eigenvalue weighted by Crippen LogP contribution is -2.43. The van der Waals surface area contributed by atoms with E-state index in [9.17, 15) is 14.4 Å². The molecule has 114 valence electrons. The van der Waals surface area contributed by atoms with Crippen LogP contribution >= 0.6 is 0 Å². The van der Waals surface area contributed by atoms with Crippen LogP contribution in [0.15, 0.2) is 30.3 Å². The lowest BCUT2D eigenvalue weighted by atomic mass is 10.1. The van der Waals surface area contributed by atoms with Crippen molar-refractivity contribution >= 4 is 17.8 Å². The molecule has 0 aliphatic heterocycles. The van der Waals surface area contributed by atoms with Crippen LogP contribution in [0.2, 0.25) is 0 Å². The Morgan fingerprint density at radius 1 is 1.19 bits per heavy atom. The smallest absolute Gasteiger partial charge is 0.326 e. The zero-order valence-electron chi connectivity index (χ0n) is 11.5. The first-order valence-electron chi connectivity index (χ1n) is 6.28. The van der Waals surface area contributed by atoms with Gasteiger partial charge in [-0.3, -0.25) is 9.59 Å². The standard InChI is InChI=1S/C14H17NO6/c1-21-12(9-5-3-2-4-6-9)13(18)15-10(14(19)20)7-8-11(16)17/h2-6,10,12H,7-8H2,1H3,(H,15,18)(H,16,17)(H,19,20)/t10-,12?/m0/s1. The van der Waals surface area contributed by atoms with Crippen molar-refractivity contribution in [2.45, 2.75) is 25.0 Å². The van der Waals surface area contributed by atoms with E-state index in [1.54, 1.807) is 30.3 Å². The third kappa shape index (κ3) is 5.23. The van der Waals surface area contributed by atoms with E-state index in [2.05, 4.69) is 5.32 Å². The van der Waals surface area contributed by atoms with Crippen molar-refractivity contribution in [1.82, 2.24) is 5.32 Å². The van der Waals surface area contributed by atoms with Gasteiger partial charge in [-0.2, -0.15) is 0 Å². The van der Waals surface area contributed by atoms with Gasteiger partial charge >= 0.3 is 11.9 Å². The molecule has 0 aliphatic carbocycles. The van der Waals surface area contributed by atoms with E-state index in [0.29, 0.717) is 5.56 Å². The summed E-state index contributed by atoms with van der Waals surface area (Å²) in [5.41, 5.74) is 0.583. The molecule has 0 fully saturated rings. The molecule has 1 rings (SSSR count). The summed E-state index contributed by atoms with van der Waals surface area (Å²) in [6, 6.07) is 7.33. The molecule has 0 aromatic heterocycles. The first-order valence-corrected chi connectivity index (χ1v) is 6.28. The summed E-state index contributed by atoms with van der Waals surface area (Å²) in [6.07, 6.45) is -1.49. The molecular weight excluding hydrogens is 278 g/mol. The number of carbonyl (C=O) groups excluding carboxylic acids is 1. The highest BCUT2D eigenvalue weighted by Crippen LogP contribution is 2.16. The zero-order valence-corrected chi connectivity index (χ0v) is 11.5. The average molecular weight is 295 g/mol. The van der Waals surface area contributed by atoms with Crippen LogP contribution in [0.5, 0.6) is 0 Å². The molecule has 21 heavy (non-hydrogen) atoms. The number of hydrogen-bond acceptors (Lipinski definition) is 4. The number of nitrogens with one attached hydrogen (secondary N) is 1. The van der Waals surface area contributed by atoms with Crippen LogP contribution in [0.25, 0.3) is 0 Å². The Morgan fingerprint density at radius 2 is 1.81 bits per heavy atom. The largest absolute Gasteiger partial charge is 0.481 e. The lowest BCUT2D eigenvalue weighted by Gasteiger charge is -2.19.